The average Bonchev–Trinajstić information content (AvgIpc) is 2.44. The molecule has 0 aliphatic rings. The molecule has 1 aromatic carbocycles. The smallest absolute Gasteiger partial charge is 0.251 e. The number of rotatable bonds is 9. The van der Waals surface area contributed by atoms with Gasteiger partial charge in [-0.1, -0.05) is 0 Å². The van der Waals surface area contributed by atoms with E-state index in [0.29, 0.717) is 17.8 Å². The van der Waals surface area contributed by atoms with Gasteiger partial charge in [0.15, 0.2) is 0 Å². The predicted octanol–water partition coefficient (Wildman–Crippen LogP) is 2.64. The number of benzene rings is 1. The summed E-state index contributed by atoms with van der Waals surface area (Å²) in [6.45, 7) is 8.19. The van der Waals surface area contributed by atoms with Crippen molar-refractivity contribution in [2.75, 3.05) is 30.7 Å². The number of nitrogens with two attached hydrogens (primary N) is 1. The molecule has 21 heavy (non-hydrogen) atoms. The van der Waals surface area contributed by atoms with E-state index in [2.05, 4.69) is 10.6 Å². The first-order valence-electron chi connectivity index (χ1n) is 7.57. The number of hydrogen-bond donors (Lipinski definition) is 3. The second-order valence-electron chi connectivity index (χ2n) is 5.21. The zero-order valence-corrected chi connectivity index (χ0v) is 13.2. The summed E-state index contributed by atoms with van der Waals surface area (Å²) < 4.78 is 5.49. The maximum atomic E-state index is 11.7. The summed E-state index contributed by atoms with van der Waals surface area (Å²) in [5.41, 5.74) is 8.02. The summed E-state index contributed by atoms with van der Waals surface area (Å²) in [5, 5.41) is 6.04. The van der Waals surface area contributed by atoms with Gasteiger partial charge in [0.1, 0.15) is 0 Å². The molecule has 0 aliphatic heterocycles. The largest absolute Gasteiger partial charge is 0.397 e. The summed E-state index contributed by atoms with van der Waals surface area (Å²) in [4.78, 5) is 11.7. The molecule has 0 bridgehead atoms. The first-order chi connectivity index (χ1) is 10.0. The number of anilines is 2. The monoisotopic (exact) mass is 293 g/mol. The van der Waals surface area contributed by atoms with Crippen molar-refractivity contribution in [3.63, 3.8) is 0 Å². The topological polar surface area (TPSA) is 76.4 Å². The number of unbranched alkanes of at least 4 members (excludes halogenated alkanes) is 1. The number of nitrogen functional groups attached to an aromatic ring is 1. The standard InChI is InChI=1S/C16H27N3O2/c1-4-18-16(20)13-7-8-15(14(17)11-13)19-9-5-6-10-21-12(2)3/h7-8,11-12,19H,4-6,9-10,17H2,1-3H3,(H,18,20). The van der Waals surface area contributed by atoms with Gasteiger partial charge < -0.3 is 21.1 Å². The Morgan fingerprint density at radius 3 is 2.71 bits per heavy atom. The van der Waals surface area contributed by atoms with Crippen LogP contribution in [0.4, 0.5) is 11.4 Å². The Labute approximate surface area is 127 Å². The van der Waals surface area contributed by atoms with Gasteiger partial charge in [-0.15, -0.1) is 0 Å². The minimum atomic E-state index is -0.0958. The minimum Gasteiger partial charge on any atom is -0.397 e. The maximum absolute atomic E-state index is 11.7. The van der Waals surface area contributed by atoms with E-state index >= 15 is 0 Å². The van der Waals surface area contributed by atoms with Crippen LogP contribution >= 0.6 is 0 Å². The van der Waals surface area contributed by atoms with Gasteiger partial charge in [0.2, 0.25) is 0 Å². The van der Waals surface area contributed by atoms with E-state index in [4.69, 9.17) is 10.5 Å². The van der Waals surface area contributed by atoms with E-state index in [-0.39, 0.29) is 12.0 Å². The van der Waals surface area contributed by atoms with E-state index < -0.39 is 0 Å². The molecule has 5 heteroatoms. The molecule has 0 aliphatic carbocycles. The van der Waals surface area contributed by atoms with Gasteiger partial charge in [0.05, 0.1) is 17.5 Å². The van der Waals surface area contributed by atoms with Crippen molar-refractivity contribution in [2.45, 2.75) is 39.7 Å². The third kappa shape index (κ3) is 6.49. The van der Waals surface area contributed by atoms with Crippen molar-refractivity contribution in [1.29, 1.82) is 0 Å². The Morgan fingerprint density at radius 1 is 1.33 bits per heavy atom. The summed E-state index contributed by atoms with van der Waals surface area (Å²) in [6.07, 6.45) is 2.32. The van der Waals surface area contributed by atoms with Crippen molar-refractivity contribution in [3.05, 3.63) is 23.8 Å². The molecule has 5 nitrogen and oxygen atoms in total. The van der Waals surface area contributed by atoms with Crippen LogP contribution in [-0.2, 0) is 4.74 Å². The van der Waals surface area contributed by atoms with Crippen LogP contribution in [-0.4, -0.2) is 31.7 Å². The second-order valence-corrected chi connectivity index (χ2v) is 5.21. The fraction of sp³-hybridized carbons (Fsp3) is 0.562. The number of carbonyl (C=O) groups is 1. The molecule has 0 heterocycles. The SMILES string of the molecule is CCNC(=O)c1ccc(NCCCCOC(C)C)c(N)c1. The Kier molecular flexibility index (Phi) is 7.61. The molecule has 1 rings (SSSR count). The normalized spacial score (nSPS) is 10.7. The number of hydrogen-bond acceptors (Lipinski definition) is 4. The minimum absolute atomic E-state index is 0.0958. The van der Waals surface area contributed by atoms with Gasteiger partial charge in [-0.25, -0.2) is 0 Å². The highest BCUT2D eigenvalue weighted by Gasteiger charge is 2.06. The van der Waals surface area contributed by atoms with Gasteiger partial charge in [-0.05, 0) is 51.8 Å². The van der Waals surface area contributed by atoms with Crippen LogP contribution in [0.1, 0.15) is 44.0 Å². The van der Waals surface area contributed by atoms with Crippen LogP contribution < -0.4 is 16.4 Å². The van der Waals surface area contributed by atoms with Crippen molar-refractivity contribution < 1.29 is 9.53 Å². The quantitative estimate of drug-likeness (QED) is 0.483. The molecule has 118 valence electrons. The zero-order valence-electron chi connectivity index (χ0n) is 13.2. The Bertz CT molecular complexity index is 447. The molecule has 0 fully saturated rings. The summed E-state index contributed by atoms with van der Waals surface area (Å²) in [6, 6.07) is 5.34. The third-order valence-electron chi connectivity index (χ3n) is 2.99. The molecule has 0 unspecified atom stereocenters. The molecule has 0 saturated carbocycles. The van der Waals surface area contributed by atoms with Crippen molar-refractivity contribution in [2.24, 2.45) is 0 Å². The Morgan fingerprint density at radius 2 is 2.10 bits per heavy atom. The Hall–Kier alpha value is -1.75. The summed E-state index contributed by atoms with van der Waals surface area (Å²) in [5.74, 6) is -0.0958. The van der Waals surface area contributed by atoms with Gasteiger partial charge >= 0.3 is 0 Å². The molecular weight excluding hydrogens is 266 g/mol. The molecule has 0 saturated heterocycles. The summed E-state index contributed by atoms with van der Waals surface area (Å²) >= 11 is 0. The first-order valence-corrected chi connectivity index (χ1v) is 7.57. The van der Waals surface area contributed by atoms with Crippen LogP contribution in [0.15, 0.2) is 18.2 Å². The fourth-order valence-corrected chi connectivity index (χ4v) is 1.90. The van der Waals surface area contributed by atoms with E-state index in [9.17, 15) is 4.79 Å². The van der Waals surface area contributed by atoms with Gasteiger partial charge in [-0.3, -0.25) is 4.79 Å². The number of carbonyl (C=O) groups excluding carboxylic acids is 1. The number of nitrogens with one attached hydrogen (secondary N) is 2. The zero-order chi connectivity index (χ0) is 15.7. The second kappa shape index (κ2) is 9.23. The van der Waals surface area contributed by atoms with Crippen LogP contribution in [0.25, 0.3) is 0 Å². The molecule has 0 aromatic heterocycles. The highest BCUT2D eigenvalue weighted by atomic mass is 16.5. The summed E-state index contributed by atoms with van der Waals surface area (Å²) in [7, 11) is 0. The lowest BCUT2D eigenvalue weighted by atomic mass is 10.1. The van der Waals surface area contributed by atoms with Crippen molar-refractivity contribution >= 4 is 17.3 Å². The van der Waals surface area contributed by atoms with Crippen LogP contribution in [0, 0.1) is 0 Å². The maximum Gasteiger partial charge on any atom is 0.251 e. The van der Waals surface area contributed by atoms with Gasteiger partial charge in [0.25, 0.3) is 5.91 Å². The molecule has 0 spiro atoms. The van der Waals surface area contributed by atoms with E-state index in [1.807, 2.05) is 26.8 Å². The van der Waals surface area contributed by atoms with Gasteiger partial charge in [-0.2, -0.15) is 0 Å². The van der Waals surface area contributed by atoms with Crippen LogP contribution in [0.3, 0.4) is 0 Å². The molecule has 1 amide bonds. The van der Waals surface area contributed by atoms with Crippen LogP contribution in [0.2, 0.25) is 0 Å². The fourth-order valence-electron chi connectivity index (χ4n) is 1.90. The lowest BCUT2D eigenvalue weighted by Gasteiger charge is -2.11. The van der Waals surface area contributed by atoms with Gasteiger partial charge in [0, 0.05) is 25.3 Å². The molecule has 0 atom stereocenters. The highest BCUT2D eigenvalue weighted by Crippen LogP contribution is 2.20. The molecule has 4 N–H and O–H groups in total. The Balaban J connectivity index is 2.37. The number of ether oxygens (including phenoxy) is 1. The van der Waals surface area contributed by atoms with E-state index in [1.165, 1.54) is 0 Å². The number of amides is 1. The molecule has 0 radical (unpaired) electrons. The third-order valence-corrected chi connectivity index (χ3v) is 2.99. The van der Waals surface area contributed by atoms with Crippen LogP contribution in [0.5, 0.6) is 0 Å². The lowest BCUT2D eigenvalue weighted by Crippen LogP contribution is -2.22. The predicted molar refractivity (Wildman–Crippen MR) is 87.7 cm³/mol. The van der Waals surface area contributed by atoms with Crippen molar-refractivity contribution in [3.8, 4) is 0 Å². The van der Waals surface area contributed by atoms with E-state index in [0.717, 1.165) is 31.7 Å². The lowest BCUT2D eigenvalue weighted by molar-refractivity contribution is 0.0765. The average molecular weight is 293 g/mol. The highest BCUT2D eigenvalue weighted by molar-refractivity contribution is 5.96. The van der Waals surface area contributed by atoms with Crippen molar-refractivity contribution in [1.82, 2.24) is 5.32 Å². The first kappa shape index (κ1) is 17.3. The molecular formula is C16H27N3O2. The molecule has 1 aromatic rings. The van der Waals surface area contributed by atoms with E-state index in [1.54, 1.807) is 12.1 Å².